The molecule has 5 heteroatoms. The van der Waals surface area contributed by atoms with Crippen LogP contribution in [-0.2, 0) is 10.2 Å². The topological polar surface area (TPSA) is 60.9 Å². The predicted molar refractivity (Wildman–Crippen MR) is 136 cm³/mol. The Kier molecular flexibility index (Phi) is 7.73. The highest BCUT2D eigenvalue weighted by molar-refractivity contribution is 8.93. The molecule has 168 valence electrons. The number of benzene rings is 2. The Morgan fingerprint density at radius 1 is 1.09 bits per heavy atom. The number of allylic oxidation sites excluding steroid dienone is 1. The smallest absolute Gasteiger partial charge is 0.232 e. The van der Waals surface area contributed by atoms with E-state index in [0.717, 1.165) is 54.8 Å². The van der Waals surface area contributed by atoms with Gasteiger partial charge in [0, 0.05) is 18.1 Å². The Hall–Kier alpha value is -2.66. The number of amides is 1. The van der Waals surface area contributed by atoms with Crippen molar-refractivity contribution < 1.29 is 4.79 Å². The van der Waals surface area contributed by atoms with E-state index in [1.807, 2.05) is 55.7 Å². The maximum absolute atomic E-state index is 13.2. The summed E-state index contributed by atoms with van der Waals surface area (Å²) in [6.45, 7) is 6.26. The third-order valence-corrected chi connectivity index (χ3v) is 7.01. The molecule has 3 aromatic rings. The maximum atomic E-state index is 13.2. The number of hydrogen-bond donors (Lipinski definition) is 1. The molecule has 1 fully saturated rings. The first-order valence-electron chi connectivity index (χ1n) is 11.1. The highest BCUT2D eigenvalue weighted by Crippen LogP contribution is 2.49. The number of hydrogen-bond acceptors (Lipinski definition) is 2. The lowest BCUT2D eigenvalue weighted by molar-refractivity contribution is -0.123. The van der Waals surface area contributed by atoms with E-state index in [2.05, 4.69) is 40.4 Å². The van der Waals surface area contributed by atoms with E-state index in [9.17, 15) is 4.79 Å². The van der Waals surface area contributed by atoms with Crippen LogP contribution in [0.1, 0.15) is 49.1 Å². The molecule has 2 aromatic carbocycles. The highest BCUT2D eigenvalue weighted by Gasteiger charge is 2.49. The van der Waals surface area contributed by atoms with Crippen molar-refractivity contribution in [2.24, 2.45) is 17.6 Å². The molecule has 0 unspecified atom stereocenters. The minimum atomic E-state index is -0.796. The summed E-state index contributed by atoms with van der Waals surface area (Å²) in [6, 6.07) is 20.2. The average molecular weight is 494 g/mol. The minimum absolute atomic E-state index is 0. The number of aromatic nitrogens is 2. The van der Waals surface area contributed by atoms with E-state index in [0.29, 0.717) is 5.92 Å². The van der Waals surface area contributed by atoms with Gasteiger partial charge in [-0.05, 0) is 55.6 Å². The molecule has 1 aliphatic rings. The SMILES string of the molecule is Br.C=C(CC[C@H]1CC[C@H](C(C(N)=O)(c2ccccc2)c2ccccc2)C1)n1ccnc1C. The van der Waals surface area contributed by atoms with E-state index in [1.165, 1.54) is 0 Å². The Morgan fingerprint density at radius 3 is 2.19 bits per heavy atom. The fraction of sp³-hybridized carbons (Fsp3) is 0.333. The summed E-state index contributed by atoms with van der Waals surface area (Å²) in [5.74, 6) is 1.45. The summed E-state index contributed by atoms with van der Waals surface area (Å²) in [5.41, 5.74) is 8.47. The lowest BCUT2D eigenvalue weighted by Crippen LogP contribution is -2.47. The van der Waals surface area contributed by atoms with Crippen molar-refractivity contribution in [1.29, 1.82) is 0 Å². The lowest BCUT2D eigenvalue weighted by atomic mass is 9.64. The number of primary amides is 1. The Bertz CT molecular complexity index is 1010. The van der Waals surface area contributed by atoms with Gasteiger partial charge in [-0.3, -0.25) is 4.79 Å². The van der Waals surface area contributed by atoms with Crippen molar-refractivity contribution in [3.05, 3.63) is 96.6 Å². The second-order valence-corrected chi connectivity index (χ2v) is 8.73. The molecule has 1 amide bonds. The zero-order chi connectivity index (χ0) is 21.8. The van der Waals surface area contributed by atoms with Crippen molar-refractivity contribution in [3.63, 3.8) is 0 Å². The van der Waals surface area contributed by atoms with Gasteiger partial charge in [-0.15, -0.1) is 17.0 Å². The first-order chi connectivity index (χ1) is 15.0. The maximum Gasteiger partial charge on any atom is 0.232 e. The number of imidazole rings is 1. The van der Waals surface area contributed by atoms with Crippen LogP contribution in [0.2, 0.25) is 0 Å². The van der Waals surface area contributed by atoms with Gasteiger partial charge in [-0.2, -0.15) is 0 Å². The predicted octanol–water partition coefficient (Wildman–Crippen LogP) is 5.91. The van der Waals surface area contributed by atoms with Crippen LogP contribution in [0.25, 0.3) is 5.70 Å². The number of nitrogens with two attached hydrogens (primary N) is 1. The summed E-state index contributed by atoms with van der Waals surface area (Å²) >= 11 is 0. The van der Waals surface area contributed by atoms with Crippen LogP contribution in [0.5, 0.6) is 0 Å². The van der Waals surface area contributed by atoms with Gasteiger partial charge in [0.2, 0.25) is 5.91 Å². The molecular formula is C27H32BrN3O. The van der Waals surface area contributed by atoms with E-state index >= 15 is 0 Å². The molecule has 0 aliphatic heterocycles. The quantitative estimate of drug-likeness (QED) is 0.423. The molecule has 4 nitrogen and oxygen atoms in total. The van der Waals surface area contributed by atoms with Crippen LogP contribution in [0, 0.1) is 18.8 Å². The first-order valence-corrected chi connectivity index (χ1v) is 11.1. The molecule has 0 bridgehead atoms. The minimum Gasteiger partial charge on any atom is -0.369 e. The molecule has 32 heavy (non-hydrogen) atoms. The number of carbonyl (C=O) groups is 1. The van der Waals surface area contributed by atoms with Crippen molar-refractivity contribution in [2.45, 2.75) is 44.4 Å². The van der Waals surface area contributed by atoms with Crippen molar-refractivity contribution >= 4 is 28.6 Å². The second kappa shape index (κ2) is 10.3. The average Bonchev–Trinajstić information content (AvgIpc) is 3.43. The van der Waals surface area contributed by atoms with Gasteiger partial charge in [0.05, 0.1) is 0 Å². The largest absolute Gasteiger partial charge is 0.369 e. The van der Waals surface area contributed by atoms with E-state index in [1.54, 1.807) is 0 Å². The summed E-state index contributed by atoms with van der Waals surface area (Å²) < 4.78 is 2.06. The molecule has 1 aliphatic carbocycles. The molecule has 1 saturated carbocycles. The van der Waals surface area contributed by atoms with E-state index in [4.69, 9.17) is 5.73 Å². The molecule has 0 radical (unpaired) electrons. The third-order valence-electron chi connectivity index (χ3n) is 7.01. The van der Waals surface area contributed by atoms with Gasteiger partial charge in [-0.25, -0.2) is 4.98 Å². The first kappa shape index (κ1) is 24.0. The van der Waals surface area contributed by atoms with Gasteiger partial charge in [0.1, 0.15) is 11.2 Å². The summed E-state index contributed by atoms with van der Waals surface area (Å²) in [5, 5.41) is 0. The zero-order valence-corrected chi connectivity index (χ0v) is 20.3. The highest BCUT2D eigenvalue weighted by atomic mass is 79.9. The molecule has 1 aromatic heterocycles. The van der Waals surface area contributed by atoms with Gasteiger partial charge < -0.3 is 10.3 Å². The standard InChI is InChI=1S/C27H31N3O.BrH/c1-20(30-18-17-29-21(30)2)13-14-22-15-16-25(19-22)27(26(28)31,23-9-5-3-6-10-23)24-11-7-4-8-12-24;/h3-12,17-18,22,25H,1,13-16,19H2,2H3,(H2,28,31);1H/t22-,25-;/m0./s1. The number of carbonyl (C=O) groups excluding carboxylic acids is 1. The molecule has 1 heterocycles. The van der Waals surface area contributed by atoms with Crippen molar-refractivity contribution in [1.82, 2.24) is 9.55 Å². The normalized spacial score (nSPS) is 18.2. The van der Waals surface area contributed by atoms with E-state index in [-0.39, 0.29) is 28.8 Å². The van der Waals surface area contributed by atoms with Gasteiger partial charge in [-0.1, -0.05) is 73.7 Å². The van der Waals surface area contributed by atoms with Crippen LogP contribution in [0.15, 0.2) is 79.6 Å². The van der Waals surface area contributed by atoms with Crippen LogP contribution < -0.4 is 5.73 Å². The van der Waals surface area contributed by atoms with Crippen LogP contribution in [-0.4, -0.2) is 15.5 Å². The molecule has 2 N–H and O–H groups in total. The molecule has 0 spiro atoms. The summed E-state index contributed by atoms with van der Waals surface area (Å²) in [6.07, 6.45) is 8.86. The fourth-order valence-electron chi connectivity index (χ4n) is 5.46. The zero-order valence-electron chi connectivity index (χ0n) is 18.6. The Balaban J connectivity index is 0.00000289. The third kappa shape index (κ3) is 4.44. The molecule has 2 atom stereocenters. The molecule has 0 saturated heterocycles. The van der Waals surface area contributed by atoms with Crippen molar-refractivity contribution in [3.8, 4) is 0 Å². The molecule has 4 rings (SSSR count). The van der Waals surface area contributed by atoms with Crippen LogP contribution in [0.3, 0.4) is 0 Å². The number of nitrogens with zero attached hydrogens (tertiary/aromatic N) is 2. The monoisotopic (exact) mass is 493 g/mol. The molecular weight excluding hydrogens is 462 g/mol. The summed E-state index contributed by atoms with van der Waals surface area (Å²) in [7, 11) is 0. The number of aryl methyl sites for hydroxylation is 1. The number of rotatable bonds is 8. The lowest BCUT2D eigenvalue weighted by Gasteiger charge is -2.38. The van der Waals surface area contributed by atoms with Crippen molar-refractivity contribution in [2.75, 3.05) is 0 Å². The van der Waals surface area contributed by atoms with Crippen LogP contribution >= 0.6 is 17.0 Å². The number of halogens is 1. The van der Waals surface area contributed by atoms with Gasteiger partial charge >= 0.3 is 0 Å². The second-order valence-electron chi connectivity index (χ2n) is 8.73. The Morgan fingerprint density at radius 2 is 1.69 bits per heavy atom. The van der Waals surface area contributed by atoms with E-state index < -0.39 is 5.41 Å². The Labute approximate surface area is 201 Å². The van der Waals surface area contributed by atoms with Gasteiger partial charge in [0.15, 0.2) is 0 Å². The van der Waals surface area contributed by atoms with Crippen LogP contribution in [0.4, 0.5) is 0 Å². The summed E-state index contributed by atoms with van der Waals surface area (Å²) in [4.78, 5) is 17.5. The fourth-order valence-corrected chi connectivity index (χ4v) is 5.46. The van der Waals surface area contributed by atoms with Gasteiger partial charge in [0.25, 0.3) is 0 Å².